The summed E-state index contributed by atoms with van der Waals surface area (Å²) in [6.07, 6.45) is 1.88. The summed E-state index contributed by atoms with van der Waals surface area (Å²) in [6.45, 7) is 2.07. The largest absolute Gasteiger partial charge is 0.393 e. The van der Waals surface area contributed by atoms with Crippen molar-refractivity contribution in [3.05, 3.63) is 36.5 Å². The topological polar surface area (TPSA) is 79.3 Å². The van der Waals surface area contributed by atoms with Crippen LogP contribution in [0.1, 0.15) is 19.8 Å². The van der Waals surface area contributed by atoms with E-state index in [4.69, 9.17) is 0 Å². The van der Waals surface area contributed by atoms with E-state index < -0.39 is 16.1 Å². The average molecular weight is 294 g/mol. The first-order valence-corrected chi connectivity index (χ1v) is 8.04. The zero-order valence-electron chi connectivity index (χ0n) is 11.3. The number of benzene rings is 1. The molecule has 0 amide bonds. The van der Waals surface area contributed by atoms with E-state index in [-0.39, 0.29) is 11.4 Å². The first-order chi connectivity index (χ1) is 9.53. The van der Waals surface area contributed by atoms with Crippen molar-refractivity contribution in [2.24, 2.45) is 0 Å². The van der Waals surface area contributed by atoms with E-state index in [9.17, 15) is 13.5 Å². The van der Waals surface area contributed by atoms with E-state index in [0.717, 1.165) is 10.9 Å². The number of rotatable bonds is 6. The summed E-state index contributed by atoms with van der Waals surface area (Å²) in [6, 6.07) is 8.94. The molecule has 0 spiro atoms. The highest BCUT2D eigenvalue weighted by Gasteiger charge is 2.15. The van der Waals surface area contributed by atoms with Crippen molar-refractivity contribution in [2.75, 3.05) is 6.54 Å². The molecule has 2 N–H and O–H groups in total. The van der Waals surface area contributed by atoms with E-state index in [1.165, 1.54) is 6.20 Å². The Morgan fingerprint density at radius 1 is 1.35 bits per heavy atom. The number of para-hydroxylation sites is 1. The van der Waals surface area contributed by atoms with Gasteiger partial charge in [0, 0.05) is 18.1 Å². The van der Waals surface area contributed by atoms with Crippen LogP contribution >= 0.6 is 0 Å². The Bertz CT molecular complexity index is 686. The Morgan fingerprint density at radius 3 is 2.85 bits per heavy atom. The lowest BCUT2D eigenvalue weighted by Crippen LogP contribution is -2.27. The molecule has 5 nitrogen and oxygen atoms in total. The maximum atomic E-state index is 12.1. The second-order valence-electron chi connectivity index (χ2n) is 4.61. The van der Waals surface area contributed by atoms with Crippen LogP contribution < -0.4 is 4.72 Å². The van der Waals surface area contributed by atoms with Crippen LogP contribution in [0.4, 0.5) is 0 Å². The van der Waals surface area contributed by atoms with Crippen molar-refractivity contribution >= 4 is 20.9 Å². The number of hydrogen-bond donors (Lipinski definition) is 2. The van der Waals surface area contributed by atoms with Gasteiger partial charge in [-0.25, -0.2) is 13.1 Å². The van der Waals surface area contributed by atoms with Crippen LogP contribution in [0.15, 0.2) is 41.4 Å². The minimum atomic E-state index is -3.58. The van der Waals surface area contributed by atoms with E-state index in [2.05, 4.69) is 9.71 Å². The van der Waals surface area contributed by atoms with Crippen molar-refractivity contribution in [1.29, 1.82) is 0 Å². The molecule has 0 unspecified atom stereocenters. The highest BCUT2D eigenvalue weighted by atomic mass is 32.2. The molecule has 2 aromatic rings. The van der Waals surface area contributed by atoms with Gasteiger partial charge in [0.05, 0.1) is 11.6 Å². The summed E-state index contributed by atoms with van der Waals surface area (Å²) in [5, 5.41) is 10.2. The number of aliphatic hydroxyl groups is 1. The van der Waals surface area contributed by atoms with Crippen LogP contribution in [0.25, 0.3) is 10.9 Å². The van der Waals surface area contributed by atoms with Gasteiger partial charge in [-0.2, -0.15) is 0 Å². The number of sulfonamides is 1. The lowest BCUT2D eigenvalue weighted by Gasteiger charge is -2.09. The SMILES string of the molecule is CC[C@H](O)CCNS(=O)(=O)c1cnc2ccccc2c1. The maximum Gasteiger partial charge on any atom is 0.242 e. The van der Waals surface area contributed by atoms with Crippen molar-refractivity contribution in [3.8, 4) is 0 Å². The van der Waals surface area contributed by atoms with Gasteiger partial charge < -0.3 is 5.11 Å². The Hall–Kier alpha value is -1.50. The molecule has 1 aromatic heterocycles. The third-order valence-electron chi connectivity index (χ3n) is 3.12. The first kappa shape index (κ1) is 14.9. The van der Waals surface area contributed by atoms with Crippen LogP contribution in [0.5, 0.6) is 0 Å². The molecule has 0 bridgehead atoms. The third-order valence-corrected chi connectivity index (χ3v) is 4.54. The predicted molar refractivity (Wildman–Crippen MR) is 77.8 cm³/mol. The molecule has 1 aromatic carbocycles. The van der Waals surface area contributed by atoms with Crippen molar-refractivity contribution in [1.82, 2.24) is 9.71 Å². The number of fused-ring (bicyclic) bond motifs is 1. The number of aliphatic hydroxyl groups excluding tert-OH is 1. The van der Waals surface area contributed by atoms with Gasteiger partial charge in [0.15, 0.2) is 0 Å². The fourth-order valence-corrected chi connectivity index (χ4v) is 2.87. The van der Waals surface area contributed by atoms with E-state index >= 15 is 0 Å². The van der Waals surface area contributed by atoms with Crippen LogP contribution in [0, 0.1) is 0 Å². The van der Waals surface area contributed by atoms with Crippen molar-refractivity contribution in [3.63, 3.8) is 0 Å². The Labute approximate surface area is 118 Å². The number of nitrogens with zero attached hydrogens (tertiary/aromatic N) is 1. The molecule has 1 atom stereocenters. The lowest BCUT2D eigenvalue weighted by molar-refractivity contribution is 0.162. The van der Waals surface area contributed by atoms with Crippen LogP contribution in [0.3, 0.4) is 0 Å². The number of aromatic nitrogens is 1. The molecule has 2 rings (SSSR count). The molecule has 0 saturated heterocycles. The van der Waals surface area contributed by atoms with Gasteiger partial charge in [0.2, 0.25) is 10.0 Å². The van der Waals surface area contributed by atoms with Crippen LogP contribution in [-0.2, 0) is 10.0 Å². The molecule has 6 heteroatoms. The zero-order chi connectivity index (χ0) is 14.6. The van der Waals surface area contributed by atoms with Crippen LogP contribution in [0.2, 0.25) is 0 Å². The molecule has 0 aliphatic heterocycles. The quantitative estimate of drug-likeness (QED) is 0.849. The van der Waals surface area contributed by atoms with Gasteiger partial charge in [-0.05, 0) is 25.0 Å². The van der Waals surface area contributed by atoms with Crippen molar-refractivity contribution < 1.29 is 13.5 Å². The number of hydrogen-bond acceptors (Lipinski definition) is 4. The smallest absolute Gasteiger partial charge is 0.242 e. The number of nitrogens with one attached hydrogen (secondary N) is 1. The second kappa shape index (κ2) is 6.30. The third kappa shape index (κ3) is 3.53. The van der Waals surface area contributed by atoms with Crippen molar-refractivity contribution in [2.45, 2.75) is 30.8 Å². The zero-order valence-corrected chi connectivity index (χ0v) is 12.1. The van der Waals surface area contributed by atoms with E-state index in [1.54, 1.807) is 6.07 Å². The Kier molecular flexibility index (Phi) is 4.69. The van der Waals surface area contributed by atoms with Gasteiger partial charge in [0.1, 0.15) is 4.90 Å². The monoisotopic (exact) mass is 294 g/mol. The molecule has 20 heavy (non-hydrogen) atoms. The van der Waals surface area contributed by atoms with Gasteiger partial charge in [-0.3, -0.25) is 4.98 Å². The summed E-state index contributed by atoms with van der Waals surface area (Å²) in [5.41, 5.74) is 0.757. The lowest BCUT2D eigenvalue weighted by atomic mass is 10.2. The highest BCUT2D eigenvalue weighted by Crippen LogP contribution is 2.16. The average Bonchev–Trinajstić information content (AvgIpc) is 2.46. The van der Waals surface area contributed by atoms with E-state index in [0.29, 0.717) is 12.8 Å². The molecule has 0 fully saturated rings. The first-order valence-electron chi connectivity index (χ1n) is 6.55. The van der Waals surface area contributed by atoms with Crippen LogP contribution in [-0.4, -0.2) is 31.2 Å². The summed E-state index contributed by atoms with van der Waals surface area (Å²) < 4.78 is 26.7. The molecule has 1 heterocycles. The molecule has 0 aliphatic carbocycles. The van der Waals surface area contributed by atoms with E-state index in [1.807, 2.05) is 31.2 Å². The Morgan fingerprint density at radius 2 is 2.10 bits per heavy atom. The summed E-state index contributed by atoms with van der Waals surface area (Å²) >= 11 is 0. The minimum absolute atomic E-state index is 0.141. The van der Waals surface area contributed by atoms with Gasteiger partial charge in [0.25, 0.3) is 0 Å². The fourth-order valence-electron chi connectivity index (χ4n) is 1.85. The fraction of sp³-hybridized carbons (Fsp3) is 0.357. The molecule has 0 saturated carbocycles. The maximum absolute atomic E-state index is 12.1. The minimum Gasteiger partial charge on any atom is -0.393 e. The molecule has 0 aliphatic rings. The van der Waals surface area contributed by atoms with Gasteiger partial charge >= 0.3 is 0 Å². The second-order valence-corrected chi connectivity index (χ2v) is 6.38. The molecule has 108 valence electrons. The van der Waals surface area contributed by atoms with Gasteiger partial charge in [-0.1, -0.05) is 25.1 Å². The Balaban J connectivity index is 2.15. The normalized spacial score (nSPS) is 13.5. The summed E-state index contributed by atoms with van der Waals surface area (Å²) in [5.74, 6) is 0. The molecule has 0 radical (unpaired) electrons. The molecular weight excluding hydrogens is 276 g/mol. The number of pyridine rings is 1. The standard InChI is InChI=1S/C14H18N2O3S/c1-2-12(17)7-8-16-20(18,19)13-9-11-5-3-4-6-14(11)15-10-13/h3-6,9-10,12,16-17H,2,7-8H2,1H3/t12-/m0/s1. The molecular formula is C14H18N2O3S. The van der Waals surface area contributed by atoms with Gasteiger partial charge in [-0.15, -0.1) is 0 Å². The predicted octanol–water partition coefficient (Wildman–Crippen LogP) is 1.67. The highest BCUT2D eigenvalue weighted by molar-refractivity contribution is 7.89. The summed E-state index contributed by atoms with van der Waals surface area (Å²) in [7, 11) is -3.58. The summed E-state index contributed by atoms with van der Waals surface area (Å²) in [4.78, 5) is 4.28.